The fourth-order valence-electron chi connectivity index (χ4n) is 2.60. The van der Waals surface area contributed by atoms with Crippen molar-refractivity contribution in [1.82, 2.24) is 29.7 Å². The smallest absolute Gasteiger partial charge is 0.229 e. The van der Waals surface area contributed by atoms with Crippen LogP contribution < -0.4 is 5.32 Å². The van der Waals surface area contributed by atoms with Crippen molar-refractivity contribution in [3.63, 3.8) is 0 Å². The van der Waals surface area contributed by atoms with Crippen molar-refractivity contribution in [2.75, 3.05) is 5.32 Å². The van der Waals surface area contributed by atoms with Gasteiger partial charge in [-0.25, -0.2) is 9.97 Å². The van der Waals surface area contributed by atoms with E-state index in [-0.39, 0.29) is 0 Å². The lowest BCUT2D eigenvalue weighted by molar-refractivity contribution is 0.416. The number of aromatic amines is 1. The molecule has 3 aromatic rings. The quantitative estimate of drug-likeness (QED) is 0.764. The summed E-state index contributed by atoms with van der Waals surface area (Å²) in [7, 11) is 0. The van der Waals surface area contributed by atoms with Gasteiger partial charge in [0.1, 0.15) is 11.1 Å². The number of imidazole rings is 1. The number of hydrogen-bond acceptors (Lipinski definition) is 6. The van der Waals surface area contributed by atoms with Crippen molar-refractivity contribution in [3.8, 4) is 6.07 Å². The van der Waals surface area contributed by atoms with E-state index in [1.165, 1.54) is 0 Å². The molecule has 0 aliphatic heterocycles. The van der Waals surface area contributed by atoms with Crippen LogP contribution in [-0.2, 0) is 5.54 Å². The van der Waals surface area contributed by atoms with Crippen LogP contribution in [0.5, 0.6) is 0 Å². The number of rotatable bonds is 4. The van der Waals surface area contributed by atoms with Gasteiger partial charge in [0.15, 0.2) is 5.65 Å². The van der Waals surface area contributed by atoms with Crippen LogP contribution in [0, 0.1) is 18.3 Å². The fourth-order valence-corrected chi connectivity index (χ4v) is 2.60. The van der Waals surface area contributed by atoms with Gasteiger partial charge < -0.3 is 10.3 Å². The Morgan fingerprint density at radius 2 is 2.17 bits per heavy atom. The van der Waals surface area contributed by atoms with Crippen LogP contribution in [-0.4, -0.2) is 29.7 Å². The van der Waals surface area contributed by atoms with Gasteiger partial charge in [0.05, 0.1) is 35.7 Å². The van der Waals surface area contributed by atoms with E-state index in [1.807, 2.05) is 27.0 Å². The van der Waals surface area contributed by atoms with E-state index in [0.29, 0.717) is 11.9 Å². The first-order chi connectivity index (χ1) is 11.5. The zero-order valence-electron chi connectivity index (χ0n) is 13.8. The second-order valence-corrected chi connectivity index (χ2v) is 6.68. The molecule has 0 aromatic carbocycles. The maximum Gasteiger partial charge on any atom is 0.229 e. The van der Waals surface area contributed by atoms with Crippen LogP contribution in [0.15, 0.2) is 12.5 Å². The van der Waals surface area contributed by atoms with Crippen LogP contribution in [0.25, 0.3) is 11.2 Å². The number of anilines is 2. The van der Waals surface area contributed by atoms with Crippen molar-refractivity contribution in [3.05, 3.63) is 23.9 Å². The van der Waals surface area contributed by atoms with Gasteiger partial charge in [-0.1, -0.05) is 0 Å². The van der Waals surface area contributed by atoms with Crippen molar-refractivity contribution < 1.29 is 0 Å². The monoisotopic (exact) mass is 322 g/mol. The minimum absolute atomic E-state index is 0.473. The number of fused-ring (bicyclic) bond motifs is 1. The Balaban J connectivity index is 1.71. The zero-order chi connectivity index (χ0) is 16.9. The van der Waals surface area contributed by atoms with Crippen LogP contribution in [0.3, 0.4) is 0 Å². The van der Waals surface area contributed by atoms with Gasteiger partial charge in [0, 0.05) is 5.92 Å². The highest BCUT2D eigenvalue weighted by Gasteiger charge is 2.29. The number of aromatic nitrogens is 6. The Hall–Kier alpha value is -2.95. The first-order valence-corrected chi connectivity index (χ1v) is 7.94. The van der Waals surface area contributed by atoms with E-state index < -0.39 is 5.54 Å². The van der Waals surface area contributed by atoms with Gasteiger partial charge >= 0.3 is 0 Å². The predicted molar refractivity (Wildman–Crippen MR) is 88.8 cm³/mol. The van der Waals surface area contributed by atoms with Gasteiger partial charge in [0.2, 0.25) is 5.95 Å². The summed E-state index contributed by atoms with van der Waals surface area (Å²) >= 11 is 0. The van der Waals surface area contributed by atoms with E-state index >= 15 is 0 Å². The molecule has 0 radical (unpaired) electrons. The molecule has 1 saturated carbocycles. The molecular formula is C16H18N8. The Bertz CT molecular complexity index is 954. The summed E-state index contributed by atoms with van der Waals surface area (Å²) in [6.45, 7) is 5.53. The summed E-state index contributed by atoms with van der Waals surface area (Å²) < 4.78 is 1.65. The van der Waals surface area contributed by atoms with E-state index in [0.717, 1.165) is 41.1 Å². The lowest BCUT2D eigenvalue weighted by Crippen LogP contribution is -2.24. The van der Waals surface area contributed by atoms with Crippen LogP contribution >= 0.6 is 0 Å². The Morgan fingerprint density at radius 1 is 1.38 bits per heavy atom. The highest BCUT2D eigenvalue weighted by atomic mass is 15.3. The molecule has 8 heteroatoms. The molecule has 1 aliphatic rings. The van der Waals surface area contributed by atoms with E-state index in [4.69, 9.17) is 0 Å². The molecular weight excluding hydrogens is 304 g/mol. The minimum Gasteiger partial charge on any atom is -0.329 e. The molecule has 0 spiro atoms. The van der Waals surface area contributed by atoms with E-state index in [2.05, 4.69) is 36.4 Å². The van der Waals surface area contributed by atoms with Crippen LogP contribution in [0.2, 0.25) is 0 Å². The molecule has 8 nitrogen and oxygen atoms in total. The van der Waals surface area contributed by atoms with Crippen LogP contribution in [0.4, 0.5) is 11.6 Å². The molecule has 122 valence electrons. The first kappa shape index (κ1) is 14.6. The molecule has 0 saturated heterocycles. The summed E-state index contributed by atoms with van der Waals surface area (Å²) in [4.78, 5) is 16.5. The Kier molecular flexibility index (Phi) is 3.06. The maximum atomic E-state index is 9.27. The van der Waals surface area contributed by atoms with Crippen molar-refractivity contribution in [1.29, 1.82) is 5.26 Å². The molecule has 0 amide bonds. The van der Waals surface area contributed by atoms with E-state index in [1.54, 1.807) is 11.0 Å². The first-order valence-electron chi connectivity index (χ1n) is 7.94. The second-order valence-electron chi connectivity index (χ2n) is 6.68. The van der Waals surface area contributed by atoms with Gasteiger partial charge in [-0.2, -0.15) is 15.3 Å². The highest BCUT2D eigenvalue weighted by Crippen LogP contribution is 2.41. The molecule has 24 heavy (non-hydrogen) atoms. The van der Waals surface area contributed by atoms with Crippen molar-refractivity contribution >= 4 is 22.8 Å². The Labute approximate surface area is 139 Å². The summed E-state index contributed by atoms with van der Waals surface area (Å²) in [5.41, 5.74) is 3.44. The summed E-state index contributed by atoms with van der Waals surface area (Å²) in [5, 5.41) is 16.9. The van der Waals surface area contributed by atoms with Gasteiger partial charge in [0.25, 0.3) is 0 Å². The SMILES string of the molecule is Cc1nn(C(C)(C)C#N)cc1Nc1nc(C2CC2)c2nc[nH]c2n1. The maximum absolute atomic E-state index is 9.27. The third-order valence-electron chi connectivity index (χ3n) is 4.26. The molecule has 4 rings (SSSR count). The molecule has 2 N–H and O–H groups in total. The number of hydrogen-bond donors (Lipinski definition) is 2. The number of H-pyrrole nitrogens is 1. The number of nitrogens with zero attached hydrogens (tertiary/aromatic N) is 6. The molecule has 0 bridgehead atoms. The third-order valence-corrected chi connectivity index (χ3v) is 4.26. The minimum atomic E-state index is -0.710. The number of aryl methyl sites for hydroxylation is 1. The lowest BCUT2D eigenvalue weighted by atomic mass is 10.1. The normalized spacial score (nSPS) is 14.8. The van der Waals surface area contributed by atoms with Crippen LogP contribution in [0.1, 0.15) is 44.0 Å². The van der Waals surface area contributed by atoms with Gasteiger partial charge in [-0.15, -0.1) is 0 Å². The third kappa shape index (κ3) is 2.38. The number of nitriles is 1. The number of nitrogens with one attached hydrogen (secondary N) is 2. The lowest BCUT2D eigenvalue weighted by Gasteiger charge is -2.15. The molecule has 0 unspecified atom stereocenters. The predicted octanol–water partition coefficient (Wildman–Crippen LogP) is 2.74. The average molecular weight is 322 g/mol. The molecule has 3 heterocycles. The topological polar surface area (TPSA) is 108 Å². The highest BCUT2D eigenvalue weighted by molar-refractivity contribution is 5.76. The molecule has 1 fully saturated rings. The summed E-state index contributed by atoms with van der Waals surface area (Å²) in [5.74, 6) is 0.992. The average Bonchev–Trinajstić information content (AvgIpc) is 3.18. The summed E-state index contributed by atoms with van der Waals surface area (Å²) in [6, 6.07) is 2.24. The zero-order valence-corrected chi connectivity index (χ0v) is 13.8. The standard InChI is InChI=1S/C16H18N8/c1-9-11(6-24(23-9)16(2,3)7-17)20-15-21-12(10-4-5-10)13-14(22-15)19-8-18-13/h6,8,10H,4-5H2,1-3H3,(H2,18,19,20,21,22). The second kappa shape index (κ2) is 5.03. The van der Waals surface area contributed by atoms with Gasteiger partial charge in [-0.05, 0) is 33.6 Å². The molecule has 3 aromatic heterocycles. The summed E-state index contributed by atoms with van der Waals surface area (Å²) in [6.07, 6.45) is 5.75. The van der Waals surface area contributed by atoms with E-state index in [9.17, 15) is 5.26 Å². The van der Waals surface area contributed by atoms with Gasteiger partial charge in [-0.3, -0.25) is 4.68 Å². The molecule has 0 atom stereocenters. The van der Waals surface area contributed by atoms with Crippen molar-refractivity contribution in [2.45, 2.75) is 45.1 Å². The Morgan fingerprint density at radius 3 is 2.88 bits per heavy atom. The largest absolute Gasteiger partial charge is 0.329 e. The van der Waals surface area contributed by atoms with Crippen molar-refractivity contribution in [2.24, 2.45) is 0 Å². The fraction of sp³-hybridized carbons (Fsp3) is 0.438. The molecule has 1 aliphatic carbocycles.